The molecule has 0 aliphatic carbocycles. The zero-order chi connectivity index (χ0) is 18.3. The normalized spacial score (nSPS) is 12.2. The number of hydrogen-bond acceptors (Lipinski definition) is 3. The van der Waals surface area contributed by atoms with E-state index in [1.807, 2.05) is 0 Å². The lowest BCUT2D eigenvalue weighted by atomic mass is 9.92. The smallest absolute Gasteiger partial charge is 0.420 e. The van der Waals surface area contributed by atoms with Crippen LogP contribution in [0.5, 0.6) is 5.75 Å². The Morgan fingerprint density at radius 3 is 1.92 bits per heavy atom. The van der Waals surface area contributed by atoms with Crippen molar-refractivity contribution in [2.45, 2.75) is 12.4 Å². The third-order valence-electron chi connectivity index (χ3n) is 3.13. The fourth-order valence-electron chi connectivity index (χ4n) is 2.20. The van der Waals surface area contributed by atoms with Crippen LogP contribution in [0.1, 0.15) is 11.1 Å². The van der Waals surface area contributed by atoms with E-state index in [1.165, 1.54) is 18.2 Å². The highest BCUT2D eigenvalue weighted by Crippen LogP contribution is 2.51. The van der Waals surface area contributed by atoms with Gasteiger partial charge in [0.15, 0.2) is 0 Å². The number of aromatic hydroxyl groups is 1. The van der Waals surface area contributed by atoms with Crippen LogP contribution < -0.4 is 0 Å². The van der Waals surface area contributed by atoms with Crippen LogP contribution in [0.4, 0.5) is 32.0 Å². The maximum Gasteiger partial charge on any atom is 0.420 e. The second-order valence-corrected chi connectivity index (χ2v) is 4.66. The lowest BCUT2D eigenvalue weighted by Crippen LogP contribution is -2.15. The third-order valence-corrected chi connectivity index (χ3v) is 3.13. The molecule has 0 unspecified atom stereocenters. The molecule has 0 atom stereocenters. The molecule has 0 radical (unpaired) electrons. The molecule has 0 heterocycles. The van der Waals surface area contributed by atoms with Gasteiger partial charge in [-0.05, 0) is 5.56 Å². The summed E-state index contributed by atoms with van der Waals surface area (Å²) in [5.74, 6) is -1.86. The van der Waals surface area contributed by atoms with Crippen molar-refractivity contribution in [2.75, 3.05) is 0 Å². The predicted molar refractivity (Wildman–Crippen MR) is 70.2 cm³/mol. The van der Waals surface area contributed by atoms with Gasteiger partial charge in [-0.3, -0.25) is 10.1 Å². The summed E-state index contributed by atoms with van der Waals surface area (Å²) in [5.41, 5.74) is -7.48. The molecule has 2 aromatic rings. The Kier molecular flexibility index (Phi) is 4.17. The number of rotatable bonds is 2. The highest BCUT2D eigenvalue weighted by molar-refractivity contribution is 5.78. The summed E-state index contributed by atoms with van der Waals surface area (Å²) < 4.78 is 79.4. The number of halogens is 6. The monoisotopic (exact) mass is 351 g/mol. The Hall–Kier alpha value is -2.78. The van der Waals surface area contributed by atoms with Gasteiger partial charge in [-0.25, -0.2) is 0 Å². The molecule has 0 spiro atoms. The summed E-state index contributed by atoms with van der Waals surface area (Å²) in [6.07, 6.45) is -10.7. The van der Waals surface area contributed by atoms with E-state index in [0.717, 1.165) is 12.1 Å². The number of nitrogens with zero attached hydrogens (tertiary/aromatic N) is 1. The van der Waals surface area contributed by atoms with Gasteiger partial charge in [0, 0.05) is 11.6 Å². The van der Waals surface area contributed by atoms with Crippen LogP contribution in [-0.2, 0) is 12.4 Å². The topological polar surface area (TPSA) is 63.4 Å². The van der Waals surface area contributed by atoms with Crippen molar-refractivity contribution in [3.63, 3.8) is 0 Å². The van der Waals surface area contributed by atoms with Gasteiger partial charge in [-0.15, -0.1) is 0 Å². The lowest BCUT2D eigenvalue weighted by Gasteiger charge is -2.20. The van der Waals surface area contributed by atoms with Crippen LogP contribution >= 0.6 is 0 Å². The maximum absolute atomic E-state index is 13.3. The van der Waals surface area contributed by atoms with Crippen LogP contribution in [0.3, 0.4) is 0 Å². The molecule has 0 aliphatic rings. The Morgan fingerprint density at radius 2 is 1.50 bits per heavy atom. The third kappa shape index (κ3) is 3.12. The molecule has 2 rings (SSSR count). The van der Waals surface area contributed by atoms with Gasteiger partial charge in [-0.1, -0.05) is 30.3 Å². The van der Waals surface area contributed by atoms with Crippen LogP contribution in [0, 0.1) is 10.1 Å². The average molecular weight is 351 g/mol. The van der Waals surface area contributed by atoms with Crippen molar-refractivity contribution >= 4 is 5.69 Å². The van der Waals surface area contributed by atoms with Gasteiger partial charge in [0.05, 0.1) is 10.5 Å². The van der Waals surface area contributed by atoms with Crippen LogP contribution in [0.25, 0.3) is 11.1 Å². The van der Waals surface area contributed by atoms with Gasteiger partial charge in [-0.2, -0.15) is 26.3 Å². The minimum Gasteiger partial charge on any atom is -0.502 e. The first kappa shape index (κ1) is 17.6. The number of nitro groups is 1. The highest BCUT2D eigenvalue weighted by atomic mass is 19.4. The second kappa shape index (κ2) is 5.69. The van der Waals surface area contributed by atoms with Crippen molar-refractivity contribution in [3.05, 3.63) is 57.6 Å². The number of alkyl halides is 6. The summed E-state index contributed by atoms with van der Waals surface area (Å²) in [4.78, 5) is 9.23. The van der Waals surface area contributed by atoms with Crippen LogP contribution in [-0.4, -0.2) is 10.0 Å². The first-order chi connectivity index (χ1) is 10.9. The first-order valence-electron chi connectivity index (χ1n) is 6.18. The van der Waals surface area contributed by atoms with Crippen molar-refractivity contribution in [3.8, 4) is 16.9 Å². The molecular weight excluding hydrogens is 344 g/mol. The Bertz CT molecular complexity index is 784. The number of phenolic OH excluding ortho intramolecular Hbond substituents is 1. The maximum atomic E-state index is 13.3. The first-order valence-corrected chi connectivity index (χ1v) is 6.18. The SMILES string of the molecule is O=[N+]([O-])c1cc(C(F)(F)F)c(-c2ccccc2)c(C(F)(F)F)c1O. The van der Waals surface area contributed by atoms with E-state index in [-0.39, 0.29) is 6.07 Å². The number of benzene rings is 2. The van der Waals surface area contributed by atoms with E-state index in [9.17, 15) is 41.6 Å². The summed E-state index contributed by atoms with van der Waals surface area (Å²) in [7, 11) is 0. The lowest BCUT2D eigenvalue weighted by molar-refractivity contribution is -0.386. The number of nitro benzene ring substituents is 1. The predicted octanol–water partition coefficient (Wildman–Crippen LogP) is 5.01. The molecule has 1 N–H and O–H groups in total. The Balaban J connectivity index is 3.04. The quantitative estimate of drug-likeness (QED) is 0.470. The molecule has 0 aliphatic heterocycles. The molecule has 24 heavy (non-hydrogen) atoms. The molecular formula is C14H7F6NO3. The molecule has 4 nitrogen and oxygen atoms in total. The van der Waals surface area contributed by atoms with Crippen molar-refractivity contribution in [2.24, 2.45) is 0 Å². The van der Waals surface area contributed by atoms with Crippen LogP contribution in [0.15, 0.2) is 36.4 Å². The Labute approximate surface area is 130 Å². The van der Waals surface area contributed by atoms with Gasteiger partial charge in [0.2, 0.25) is 5.75 Å². The highest BCUT2D eigenvalue weighted by Gasteiger charge is 2.46. The number of hydrogen-bond donors (Lipinski definition) is 1. The second-order valence-electron chi connectivity index (χ2n) is 4.66. The molecule has 10 heteroatoms. The summed E-state index contributed by atoms with van der Waals surface area (Å²) in [6, 6.07) is 5.63. The molecule has 0 amide bonds. The van der Waals surface area contributed by atoms with Crippen molar-refractivity contribution in [1.82, 2.24) is 0 Å². The largest absolute Gasteiger partial charge is 0.502 e. The summed E-state index contributed by atoms with van der Waals surface area (Å²) in [5, 5.41) is 20.3. The molecule has 0 bridgehead atoms. The standard InChI is InChI=1S/C14H7F6NO3/c15-13(16,17)8-6-9(21(23)24)12(22)11(14(18,19)20)10(8)7-4-2-1-3-5-7/h1-6,22H. The molecule has 0 aromatic heterocycles. The van der Waals surface area contributed by atoms with E-state index < -0.39 is 51.0 Å². The average Bonchev–Trinajstić information content (AvgIpc) is 2.44. The van der Waals surface area contributed by atoms with E-state index in [0.29, 0.717) is 0 Å². The molecule has 2 aromatic carbocycles. The van der Waals surface area contributed by atoms with Crippen molar-refractivity contribution < 1.29 is 36.4 Å². The molecule has 0 fully saturated rings. The molecule has 0 saturated heterocycles. The van der Waals surface area contributed by atoms with E-state index in [4.69, 9.17) is 0 Å². The minimum atomic E-state index is -5.44. The van der Waals surface area contributed by atoms with Crippen LogP contribution in [0.2, 0.25) is 0 Å². The fourth-order valence-corrected chi connectivity index (χ4v) is 2.20. The Morgan fingerprint density at radius 1 is 0.958 bits per heavy atom. The zero-order valence-electron chi connectivity index (χ0n) is 11.4. The van der Waals surface area contributed by atoms with Gasteiger partial charge >= 0.3 is 18.0 Å². The molecule has 0 saturated carbocycles. The molecule has 128 valence electrons. The number of phenols is 1. The zero-order valence-corrected chi connectivity index (χ0v) is 11.4. The summed E-state index contributed by atoms with van der Waals surface area (Å²) in [6.45, 7) is 0. The van der Waals surface area contributed by atoms with E-state index in [2.05, 4.69) is 0 Å². The minimum absolute atomic E-state index is 0.104. The van der Waals surface area contributed by atoms with E-state index >= 15 is 0 Å². The van der Waals surface area contributed by atoms with E-state index in [1.54, 1.807) is 0 Å². The van der Waals surface area contributed by atoms with Gasteiger partial charge < -0.3 is 5.11 Å². The summed E-state index contributed by atoms with van der Waals surface area (Å²) >= 11 is 0. The fraction of sp³-hybridized carbons (Fsp3) is 0.143. The van der Waals surface area contributed by atoms with Crippen molar-refractivity contribution in [1.29, 1.82) is 0 Å². The van der Waals surface area contributed by atoms with Gasteiger partial charge in [0.1, 0.15) is 5.56 Å². The van der Waals surface area contributed by atoms with Gasteiger partial charge in [0.25, 0.3) is 0 Å².